The molecule has 0 radical (unpaired) electrons. The van der Waals surface area contributed by atoms with Gasteiger partial charge in [-0.1, -0.05) is 35.3 Å². The summed E-state index contributed by atoms with van der Waals surface area (Å²) in [4.78, 5) is 13.1. The van der Waals surface area contributed by atoms with E-state index in [0.717, 1.165) is 5.56 Å². The molecule has 0 unspecified atom stereocenters. The lowest BCUT2D eigenvalue weighted by atomic mass is 10.2. The van der Waals surface area contributed by atoms with E-state index in [9.17, 15) is 4.79 Å². The highest BCUT2D eigenvalue weighted by Crippen LogP contribution is 2.37. The Morgan fingerprint density at radius 3 is 2.43 bits per heavy atom. The van der Waals surface area contributed by atoms with E-state index in [-0.39, 0.29) is 5.91 Å². The zero-order chi connectivity index (χ0) is 15.6. The van der Waals surface area contributed by atoms with Gasteiger partial charge >= 0.3 is 0 Å². The number of ether oxygens (including phenoxy) is 1. The number of benzene rings is 2. The third kappa shape index (κ3) is 3.49. The first-order chi connectivity index (χ1) is 9.90. The van der Waals surface area contributed by atoms with Gasteiger partial charge in [0.2, 0.25) is 5.91 Å². The van der Waals surface area contributed by atoms with Crippen molar-refractivity contribution in [2.45, 2.75) is 13.8 Å². The Kier molecular flexibility index (Phi) is 4.76. The molecule has 0 aromatic heterocycles. The Morgan fingerprint density at radius 1 is 1.10 bits per heavy atom. The van der Waals surface area contributed by atoms with Crippen LogP contribution < -0.4 is 9.64 Å². The number of carbonyl (C=O) groups is 1. The molecule has 0 aliphatic carbocycles. The molecule has 0 saturated carbocycles. The van der Waals surface area contributed by atoms with Crippen molar-refractivity contribution < 1.29 is 9.53 Å². The number of hydrogen-bond donors (Lipinski definition) is 0. The van der Waals surface area contributed by atoms with Gasteiger partial charge in [0, 0.05) is 19.0 Å². The SMILES string of the molecule is CC(=O)N(C)c1ccccc1Oc1cc(C)c(Cl)cc1Cl. The number of rotatable bonds is 3. The number of carbonyl (C=O) groups excluding carboxylic acids is 1. The first-order valence-corrected chi connectivity index (χ1v) is 7.12. The molecule has 3 nitrogen and oxygen atoms in total. The summed E-state index contributed by atoms with van der Waals surface area (Å²) in [7, 11) is 1.69. The quantitative estimate of drug-likeness (QED) is 0.788. The predicted octanol–water partition coefficient (Wildman–Crippen LogP) is 5.08. The van der Waals surface area contributed by atoms with Crippen molar-refractivity contribution in [1.82, 2.24) is 0 Å². The average Bonchev–Trinajstić information content (AvgIpc) is 2.44. The Morgan fingerprint density at radius 2 is 1.76 bits per heavy atom. The van der Waals surface area contributed by atoms with Gasteiger partial charge in [-0.25, -0.2) is 0 Å². The largest absolute Gasteiger partial charge is 0.454 e. The van der Waals surface area contributed by atoms with Gasteiger partial charge < -0.3 is 9.64 Å². The smallest absolute Gasteiger partial charge is 0.223 e. The van der Waals surface area contributed by atoms with E-state index >= 15 is 0 Å². The van der Waals surface area contributed by atoms with Crippen LogP contribution in [0.4, 0.5) is 5.69 Å². The maximum absolute atomic E-state index is 11.5. The molecule has 21 heavy (non-hydrogen) atoms. The molecule has 110 valence electrons. The zero-order valence-corrected chi connectivity index (χ0v) is 13.5. The molecule has 0 aliphatic rings. The van der Waals surface area contributed by atoms with Crippen molar-refractivity contribution in [3.8, 4) is 11.5 Å². The highest BCUT2D eigenvalue weighted by Gasteiger charge is 2.14. The van der Waals surface area contributed by atoms with E-state index in [1.807, 2.05) is 25.1 Å². The Bertz CT molecular complexity index is 686. The molecular formula is C16H15Cl2NO2. The van der Waals surface area contributed by atoms with Crippen LogP contribution >= 0.6 is 23.2 Å². The molecule has 0 aliphatic heterocycles. The second-order valence-electron chi connectivity index (χ2n) is 4.68. The van der Waals surface area contributed by atoms with Crippen LogP contribution in [-0.4, -0.2) is 13.0 Å². The molecule has 5 heteroatoms. The maximum atomic E-state index is 11.5. The van der Waals surface area contributed by atoms with Gasteiger partial charge in [-0.05, 0) is 36.8 Å². The van der Waals surface area contributed by atoms with Gasteiger partial charge in [0.25, 0.3) is 0 Å². The van der Waals surface area contributed by atoms with Crippen molar-refractivity contribution in [2.24, 2.45) is 0 Å². The number of halogens is 2. The van der Waals surface area contributed by atoms with Gasteiger partial charge in [-0.3, -0.25) is 4.79 Å². The molecule has 0 saturated heterocycles. The lowest BCUT2D eigenvalue weighted by Crippen LogP contribution is -2.23. The minimum Gasteiger partial charge on any atom is -0.454 e. The molecule has 2 rings (SSSR count). The summed E-state index contributed by atoms with van der Waals surface area (Å²) in [6.45, 7) is 3.37. The number of para-hydroxylation sites is 2. The number of aryl methyl sites for hydroxylation is 1. The van der Waals surface area contributed by atoms with Crippen molar-refractivity contribution in [2.75, 3.05) is 11.9 Å². The van der Waals surface area contributed by atoms with Gasteiger partial charge in [0.05, 0.1) is 10.7 Å². The van der Waals surface area contributed by atoms with Crippen LogP contribution in [0.25, 0.3) is 0 Å². The van der Waals surface area contributed by atoms with Crippen LogP contribution in [0.1, 0.15) is 12.5 Å². The van der Waals surface area contributed by atoms with Crippen LogP contribution in [-0.2, 0) is 4.79 Å². The summed E-state index contributed by atoms with van der Waals surface area (Å²) in [5.41, 5.74) is 1.54. The van der Waals surface area contributed by atoms with Crippen LogP contribution in [0.5, 0.6) is 11.5 Å². The molecule has 0 N–H and O–H groups in total. The van der Waals surface area contributed by atoms with Gasteiger partial charge in [0.1, 0.15) is 5.75 Å². The van der Waals surface area contributed by atoms with E-state index in [2.05, 4.69) is 0 Å². The first kappa shape index (κ1) is 15.7. The van der Waals surface area contributed by atoms with Crippen molar-refractivity contribution in [3.63, 3.8) is 0 Å². The second kappa shape index (κ2) is 6.37. The Labute approximate surface area is 134 Å². The topological polar surface area (TPSA) is 29.5 Å². The number of hydrogen-bond acceptors (Lipinski definition) is 2. The summed E-state index contributed by atoms with van der Waals surface area (Å²) in [5, 5.41) is 1.01. The minimum atomic E-state index is -0.0792. The highest BCUT2D eigenvalue weighted by molar-refractivity contribution is 6.36. The summed E-state index contributed by atoms with van der Waals surface area (Å²) in [6, 6.07) is 10.7. The second-order valence-corrected chi connectivity index (χ2v) is 5.49. The van der Waals surface area contributed by atoms with E-state index in [1.165, 1.54) is 11.8 Å². The zero-order valence-electron chi connectivity index (χ0n) is 12.0. The molecular weight excluding hydrogens is 309 g/mol. The lowest BCUT2D eigenvalue weighted by molar-refractivity contribution is -0.116. The fraction of sp³-hybridized carbons (Fsp3) is 0.188. The molecule has 0 heterocycles. The number of anilines is 1. The summed E-state index contributed by atoms with van der Waals surface area (Å²) < 4.78 is 5.86. The fourth-order valence-electron chi connectivity index (χ4n) is 1.82. The average molecular weight is 324 g/mol. The third-order valence-corrected chi connectivity index (χ3v) is 3.83. The van der Waals surface area contributed by atoms with E-state index in [4.69, 9.17) is 27.9 Å². The van der Waals surface area contributed by atoms with Crippen LogP contribution in [0.3, 0.4) is 0 Å². The Balaban J connectivity index is 2.41. The van der Waals surface area contributed by atoms with Gasteiger partial charge in [-0.2, -0.15) is 0 Å². The molecule has 0 spiro atoms. The number of amides is 1. The molecule has 0 fully saturated rings. The van der Waals surface area contributed by atoms with E-state index in [0.29, 0.717) is 27.2 Å². The standard InChI is InChI=1S/C16H15Cl2NO2/c1-10-8-16(13(18)9-12(10)17)21-15-7-5-4-6-14(15)19(3)11(2)20/h4-9H,1-3H3. The summed E-state index contributed by atoms with van der Waals surface area (Å²) in [5.74, 6) is 0.978. The summed E-state index contributed by atoms with van der Waals surface area (Å²) in [6.07, 6.45) is 0. The van der Waals surface area contributed by atoms with Crippen molar-refractivity contribution in [3.05, 3.63) is 52.0 Å². The van der Waals surface area contributed by atoms with Crippen molar-refractivity contribution in [1.29, 1.82) is 0 Å². The molecule has 1 amide bonds. The Hall–Kier alpha value is -1.71. The highest BCUT2D eigenvalue weighted by atomic mass is 35.5. The summed E-state index contributed by atoms with van der Waals surface area (Å²) >= 11 is 12.2. The molecule has 0 bridgehead atoms. The van der Waals surface area contributed by atoms with E-state index in [1.54, 1.807) is 25.2 Å². The van der Waals surface area contributed by atoms with Crippen LogP contribution in [0.15, 0.2) is 36.4 Å². The number of nitrogens with zero attached hydrogens (tertiary/aromatic N) is 1. The van der Waals surface area contributed by atoms with Crippen LogP contribution in [0.2, 0.25) is 10.0 Å². The fourth-order valence-corrected chi connectivity index (χ4v) is 2.24. The molecule has 2 aromatic rings. The van der Waals surface area contributed by atoms with Crippen molar-refractivity contribution >= 4 is 34.8 Å². The maximum Gasteiger partial charge on any atom is 0.223 e. The predicted molar refractivity (Wildman–Crippen MR) is 86.8 cm³/mol. The van der Waals surface area contributed by atoms with Gasteiger partial charge in [0.15, 0.2) is 5.75 Å². The normalized spacial score (nSPS) is 10.3. The minimum absolute atomic E-state index is 0.0792. The third-order valence-electron chi connectivity index (χ3n) is 3.13. The van der Waals surface area contributed by atoms with Gasteiger partial charge in [-0.15, -0.1) is 0 Å². The van der Waals surface area contributed by atoms with Crippen LogP contribution in [0, 0.1) is 6.92 Å². The molecule has 2 aromatic carbocycles. The molecule has 0 atom stereocenters. The lowest BCUT2D eigenvalue weighted by Gasteiger charge is -2.19. The van der Waals surface area contributed by atoms with E-state index < -0.39 is 0 Å². The monoisotopic (exact) mass is 323 g/mol. The first-order valence-electron chi connectivity index (χ1n) is 6.37.